The summed E-state index contributed by atoms with van der Waals surface area (Å²) in [5.74, 6) is 0.212. The lowest BCUT2D eigenvalue weighted by molar-refractivity contribution is 0.0975. The summed E-state index contributed by atoms with van der Waals surface area (Å²) in [5, 5.41) is 8.62. The largest absolute Gasteiger partial charge is 0.301 e. The van der Waals surface area contributed by atoms with Crippen molar-refractivity contribution < 1.29 is 4.79 Å². The highest BCUT2D eigenvalue weighted by Crippen LogP contribution is 2.22. The molecule has 0 aliphatic carbocycles. The Kier molecular flexibility index (Phi) is 6.44. The molecule has 1 unspecified atom stereocenters. The molecule has 3 aromatic rings. The van der Waals surface area contributed by atoms with Crippen molar-refractivity contribution in [3.63, 3.8) is 0 Å². The predicted octanol–water partition coefficient (Wildman–Crippen LogP) is 4.85. The fourth-order valence-electron chi connectivity index (χ4n) is 4.89. The third-order valence-corrected chi connectivity index (χ3v) is 6.91. The van der Waals surface area contributed by atoms with Crippen LogP contribution in [0.4, 0.5) is 0 Å². The minimum Gasteiger partial charge on any atom is -0.301 e. The zero-order valence-corrected chi connectivity index (χ0v) is 19.3. The number of carbonyl (C=O) groups excluding carboxylic acids is 1. The summed E-state index contributed by atoms with van der Waals surface area (Å²) in [6.45, 7) is 5.33. The van der Waals surface area contributed by atoms with E-state index in [9.17, 15) is 4.79 Å². The average Bonchev–Trinajstić information content (AvgIpc) is 3.50. The quantitative estimate of drug-likeness (QED) is 0.370. The smallest absolute Gasteiger partial charge is 0.162 e. The summed E-state index contributed by atoms with van der Waals surface area (Å²) in [4.78, 5) is 19.9. The molecule has 0 amide bonds. The SMILES string of the molecule is CC1CCCCN1CCCCC(=O)c1ccc(-n2cc(C3=NCc4ccccc43)nn2)cc1. The van der Waals surface area contributed by atoms with Crippen LogP contribution in [0.1, 0.15) is 72.6 Å². The molecule has 170 valence electrons. The molecule has 2 aliphatic rings. The fraction of sp³-hybridized carbons (Fsp3) is 0.407. The average molecular weight is 442 g/mol. The molecular weight excluding hydrogens is 410 g/mol. The van der Waals surface area contributed by atoms with Crippen molar-refractivity contribution in [3.05, 3.63) is 77.1 Å². The topological polar surface area (TPSA) is 63.4 Å². The van der Waals surface area contributed by atoms with Gasteiger partial charge in [0.25, 0.3) is 0 Å². The molecule has 2 aromatic carbocycles. The van der Waals surface area contributed by atoms with Crippen molar-refractivity contribution in [2.75, 3.05) is 13.1 Å². The van der Waals surface area contributed by atoms with Crippen LogP contribution in [0.15, 0.2) is 59.7 Å². The van der Waals surface area contributed by atoms with Gasteiger partial charge in [-0.3, -0.25) is 9.79 Å². The molecule has 1 aromatic heterocycles. The second-order valence-electron chi connectivity index (χ2n) is 9.18. The predicted molar refractivity (Wildman–Crippen MR) is 130 cm³/mol. The van der Waals surface area contributed by atoms with Crippen LogP contribution < -0.4 is 0 Å². The van der Waals surface area contributed by atoms with Gasteiger partial charge in [0.2, 0.25) is 0 Å². The molecule has 33 heavy (non-hydrogen) atoms. The molecule has 0 radical (unpaired) electrons. The maximum atomic E-state index is 12.6. The third kappa shape index (κ3) is 4.81. The number of unbranched alkanes of at least 4 members (excludes halogenated alkanes) is 1. The number of fused-ring (bicyclic) bond motifs is 1. The van der Waals surface area contributed by atoms with Crippen LogP contribution in [0, 0.1) is 0 Å². The minimum atomic E-state index is 0.212. The van der Waals surface area contributed by atoms with Gasteiger partial charge in [-0.1, -0.05) is 35.9 Å². The summed E-state index contributed by atoms with van der Waals surface area (Å²) < 4.78 is 1.74. The molecule has 0 saturated carbocycles. The Morgan fingerprint density at radius 1 is 1.06 bits per heavy atom. The Hall–Kier alpha value is -3.12. The number of hydrogen-bond donors (Lipinski definition) is 0. The maximum Gasteiger partial charge on any atom is 0.162 e. The normalized spacial score (nSPS) is 18.2. The third-order valence-electron chi connectivity index (χ3n) is 6.91. The molecular formula is C27H31N5O. The van der Waals surface area contributed by atoms with Gasteiger partial charge in [-0.25, -0.2) is 4.68 Å². The molecule has 0 bridgehead atoms. The number of piperidine rings is 1. The highest BCUT2D eigenvalue weighted by Gasteiger charge is 2.20. The van der Waals surface area contributed by atoms with Crippen molar-refractivity contribution in [3.8, 4) is 5.69 Å². The molecule has 0 N–H and O–H groups in total. The van der Waals surface area contributed by atoms with E-state index in [-0.39, 0.29) is 5.78 Å². The fourth-order valence-corrected chi connectivity index (χ4v) is 4.89. The lowest BCUT2D eigenvalue weighted by atomic mass is 10.0. The number of Topliss-reactive ketones (excluding diaryl/α,β-unsaturated/α-hetero) is 1. The summed E-state index contributed by atoms with van der Waals surface area (Å²) in [6.07, 6.45) is 8.51. The zero-order chi connectivity index (χ0) is 22.6. The van der Waals surface area contributed by atoms with E-state index in [0.29, 0.717) is 19.0 Å². The van der Waals surface area contributed by atoms with E-state index >= 15 is 0 Å². The molecule has 3 heterocycles. The van der Waals surface area contributed by atoms with Gasteiger partial charge >= 0.3 is 0 Å². The van der Waals surface area contributed by atoms with Gasteiger partial charge < -0.3 is 4.90 Å². The number of hydrogen-bond acceptors (Lipinski definition) is 5. The molecule has 6 nitrogen and oxygen atoms in total. The molecule has 0 spiro atoms. The van der Waals surface area contributed by atoms with Gasteiger partial charge in [0.05, 0.1) is 24.1 Å². The first-order valence-corrected chi connectivity index (χ1v) is 12.1. The monoisotopic (exact) mass is 441 g/mol. The number of likely N-dealkylation sites (tertiary alicyclic amines) is 1. The highest BCUT2D eigenvalue weighted by molar-refractivity contribution is 6.13. The van der Waals surface area contributed by atoms with Gasteiger partial charge in [0.1, 0.15) is 5.69 Å². The van der Waals surface area contributed by atoms with Crippen molar-refractivity contribution in [1.29, 1.82) is 0 Å². The summed E-state index contributed by atoms with van der Waals surface area (Å²) >= 11 is 0. The van der Waals surface area contributed by atoms with Crippen LogP contribution in [0.25, 0.3) is 5.69 Å². The standard InChI is InChI=1S/C27H31N5O/c1-20-8-4-6-16-31(20)17-7-5-11-26(33)21-12-14-23(15-13-21)32-19-25(29-30-32)27-24-10-3-2-9-22(24)18-28-27/h2-3,9-10,12-15,19-20H,4-8,11,16-18H2,1H3. The molecule has 5 rings (SSSR count). The molecule has 6 heteroatoms. The molecule has 2 aliphatic heterocycles. The summed E-state index contributed by atoms with van der Waals surface area (Å²) in [6, 6.07) is 16.6. The number of benzene rings is 2. The highest BCUT2D eigenvalue weighted by atomic mass is 16.1. The van der Waals surface area contributed by atoms with E-state index in [0.717, 1.165) is 47.6 Å². The van der Waals surface area contributed by atoms with Crippen LogP contribution >= 0.6 is 0 Å². The first-order valence-electron chi connectivity index (χ1n) is 12.1. The van der Waals surface area contributed by atoms with Crippen LogP contribution in [0.3, 0.4) is 0 Å². The second-order valence-corrected chi connectivity index (χ2v) is 9.18. The van der Waals surface area contributed by atoms with Crippen LogP contribution in [-0.2, 0) is 6.54 Å². The van der Waals surface area contributed by atoms with Crippen molar-refractivity contribution in [2.24, 2.45) is 4.99 Å². The first-order chi connectivity index (χ1) is 16.2. The van der Waals surface area contributed by atoms with Crippen LogP contribution in [0.2, 0.25) is 0 Å². The van der Waals surface area contributed by atoms with Crippen molar-refractivity contribution in [1.82, 2.24) is 19.9 Å². The van der Waals surface area contributed by atoms with E-state index in [1.54, 1.807) is 4.68 Å². The lowest BCUT2D eigenvalue weighted by Gasteiger charge is -2.33. The van der Waals surface area contributed by atoms with Gasteiger partial charge in [-0.15, -0.1) is 5.10 Å². The molecule has 1 fully saturated rings. The minimum absolute atomic E-state index is 0.212. The van der Waals surface area contributed by atoms with Crippen molar-refractivity contribution >= 4 is 11.5 Å². The van der Waals surface area contributed by atoms with E-state index < -0.39 is 0 Å². The van der Waals surface area contributed by atoms with E-state index in [1.807, 2.05) is 42.6 Å². The Morgan fingerprint density at radius 2 is 1.91 bits per heavy atom. The van der Waals surface area contributed by atoms with E-state index in [4.69, 9.17) is 0 Å². The lowest BCUT2D eigenvalue weighted by Crippen LogP contribution is -2.38. The number of aliphatic imine (C=N–C) groups is 1. The number of rotatable bonds is 8. The van der Waals surface area contributed by atoms with Gasteiger partial charge in [-0.2, -0.15) is 0 Å². The Balaban J connectivity index is 1.16. The maximum absolute atomic E-state index is 12.6. The van der Waals surface area contributed by atoms with Crippen molar-refractivity contribution in [2.45, 2.75) is 58.0 Å². The zero-order valence-electron chi connectivity index (χ0n) is 19.3. The molecule has 1 saturated heterocycles. The number of nitrogens with zero attached hydrogens (tertiary/aromatic N) is 5. The van der Waals surface area contributed by atoms with Crippen LogP contribution in [0.5, 0.6) is 0 Å². The number of ketones is 1. The summed E-state index contributed by atoms with van der Waals surface area (Å²) in [5.41, 5.74) is 5.65. The Bertz CT molecular complexity index is 1150. The Labute approximate surface area is 195 Å². The van der Waals surface area contributed by atoms with Crippen LogP contribution in [-0.4, -0.2) is 50.5 Å². The number of carbonyl (C=O) groups is 1. The van der Waals surface area contributed by atoms with E-state index in [1.165, 1.54) is 31.4 Å². The second kappa shape index (κ2) is 9.79. The van der Waals surface area contributed by atoms with Gasteiger partial charge in [0.15, 0.2) is 5.78 Å². The molecule has 1 atom stereocenters. The number of aromatic nitrogens is 3. The summed E-state index contributed by atoms with van der Waals surface area (Å²) in [7, 11) is 0. The van der Waals surface area contributed by atoms with Gasteiger partial charge in [-0.05, 0) is 75.5 Å². The Morgan fingerprint density at radius 3 is 2.76 bits per heavy atom. The first kappa shape index (κ1) is 21.7. The van der Waals surface area contributed by atoms with E-state index in [2.05, 4.69) is 39.3 Å². The van der Waals surface area contributed by atoms with Gasteiger partial charge in [0, 0.05) is 23.6 Å².